The summed E-state index contributed by atoms with van der Waals surface area (Å²) < 4.78 is 13.6. The Morgan fingerprint density at radius 2 is 1.75 bits per heavy atom. The number of benzene rings is 1. The summed E-state index contributed by atoms with van der Waals surface area (Å²) in [6.45, 7) is 7.67. The first kappa shape index (κ1) is 15.7. The van der Waals surface area contributed by atoms with Crippen LogP contribution in [0.1, 0.15) is 59.3 Å². The molecule has 0 radical (unpaired) electrons. The fourth-order valence-corrected chi connectivity index (χ4v) is 11.5. The minimum Gasteiger partial charge on any atom is -0.319 e. The molecule has 0 N–H and O–H groups in total. The van der Waals surface area contributed by atoms with Crippen LogP contribution in [0.15, 0.2) is 30.3 Å². The highest BCUT2D eigenvalue weighted by molar-refractivity contribution is 7.71. The van der Waals surface area contributed by atoms with Crippen LogP contribution >= 0.6 is 7.14 Å². The van der Waals surface area contributed by atoms with Gasteiger partial charge in [-0.3, -0.25) is 0 Å². The topological polar surface area (TPSA) is 17.1 Å². The maximum Gasteiger partial charge on any atom is 0.116 e. The highest BCUT2D eigenvalue weighted by atomic mass is 31.2. The Balaban J connectivity index is 1.41. The summed E-state index contributed by atoms with van der Waals surface area (Å²) in [7, 11) is -2.14. The van der Waals surface area contributed by atoms with Crippen LogP contribution in [0.3, 0.4) is 0 Å². The Hall–Kier alpha value is -0.550. The Labute approximate surface area is 147 Å². The van der Waals surface area contributed by atoms with Gasteiger partial charge in [-0.05, 0) is 66.1 Å². The Morgan fingerprint density at radius 1 is 1.04 bits per heavy atom. The molecule has 3 aliphatic carbocycles. The van der Waals surface area contributed by atoms with E-state index in [1.165, 1.54) is 38.5 Å². The van der Waals surface area contributed by atoms with E-state index in [0.717, 1.165) is 23.5 Å². The van der Waals surface area contributed by atoms with Gasteiger partial charge >= 0.3 is 0 Å². The van der Waals surface area contributed by atoms with Crippen LogP contribution in [0.5, 0.6) is 0 Å². The van der Waals surface area contributed by atoms with Crippen LogP contribution in [0.25, 0.3) is 0 Å². The van der Waals surface area contributed by atoms with E-state index in [2.05, 4.69) is 45.0 Å². The molecule has 130 valence electrons. The second kappa shape index (κ2) is 4.40. The normalized spacial score (nSPS) is 47.4. The standard InChI is InChI=1S/C22H31OP/c1-19(2)17-9-10-20(19,3)22(13-17)14-21(15-22)11-12-24(23,16-21)18-7-5-4-6-8-18/h4-8,17H,9-16H2,1-3H3. The zero-order valence-corrected chi connectivity index (χ0v) is 16.4. The lowest BCUT2D eigenvalue weighted by atomic mass is 9.42. The zero-order valence-electron chi connectivity index (χ0n) is 15.5. The lowest BCUT2D eigenvalue weighted by Crippen LogP contribution is -2.55. The number of fused-ring (bicyclic) bond motifs is 3. The van der Waals surface area contributed by atoms with Crippen LogP contribution in [0.2, 0.25) is 0 Å². The molecule has 4 aliphatic rings. The molecule has 1 saturated heterocycles. The van der Waals surface area contributed by atoms with Gasteiger partial charge in [-0.25, -0.2) is 0 Å². The summed E-state index contributed by atoms with van der Waals surface area (Å²) in [6.07, 6.45) is 10.2. The van der Waals surface area contributed by atoms with Gasteiger partial charge in [-0.2, -0.15) is 0 Å². The molecule has 1 nitrogen and oxygen atoms in total. The fraction of sp³-hybridized carbons (Fsp3) is 0.727. The molecule has 1 aliphatic heterocycles. The number of hydrogen-bond donors (Lipinski definition) is 0. The molecular formula is C22H31OP. The quantitative estimate of drug-likeness (QED) is 0.599. The van der Waals surface area contributed by atoms with E-state index in [9.17, 15) is 4.57 Å². The van der Waals surface area contributed by atoms with Gasteiger partial charge in [0, 0.05) is 17.6 Å². The Morgan fingerprint density at radius 3 is 2.33 bits per heavy atom. The van der Waals surface area contributed by atoms with Crippen molar-refractivity contribution in [2.24, 2.45) is 27.6 Å². The van der Waals surface area contributed by atoms with Crippen molar-refractivity contribution in [3.8, 4) is 0 Å². The monoisotopic (exact) mass is 342 g/mol. The first-order chi connectivity index (χ1) is 11.2. The molecule has 2 spiro atoms. The Kier molecular flexibility index (Phi) is 2.88. The summed E-state index contributed by atoms with van der Waals surface area (Å²) in [4.78, 5) is 0. The molecule has 1 aromatic rings. The molecular weight excluding hydrogens is 311 g/mol. The van der Waals surface area contributed by atoms with Gasteiger partial charge in [0.25, 0.3) is 0 Å². The van der Waals surface area contributed by atoms with Crippen molar-refractivity contribution >= 4 is 12.4 Å². The SMILES string of the molecule is CC1(C)C2CCC1(C)C1(C2)CC2(CCP(=O)(c3ccccc3)C2)C1. The van der Waals surface area contributed by atoms with Gasteiger partial charge in [0.05, 0.1) is 0 Å². The lowest BCUT2D eigenvalue weighted by Gasteiger charge is -2.63. The van der Waals surface area contributed by atoms with Crippen molar-refractivity contribution in [1.29, 1.82) is 0 Å². The smallest absolute Gasteiger partial charge is 0.116 e. The van der Waals surface area contributed by atoms with E-state index >= 15 is 0 Å². The summed E-state index contributed by atoms with van der Waals surface area (Å²) in [5.74, 6) is 0.933. The third-order valence-electron chi connectivity index (χ3n) is 9.49. The molecule has 3 unspecified atom stereocenters. The van der Waals surface area contributed by atoms with Crippen LogP contribution in [-0.2, 0) is 4.57 Å². The molecule has 1 heterocycles. The second-order valence-corrected chi connectivity index (χ2v) is 13.5. The molecule has 4 fully saturated rings. The minimum absolute atomic E-state index is 0.412. The second-order valence-electron chi connectivity index (χ2n) is 10.5. The third-order valence-corrected chi connectivity index (χ3v) is 12.9. The fourth-order valence-electron chi connectivity index (χ4n) is 7.84. The highest BCUT2D eigenvalue weighted by Gasteiger charge is 2.75. The predicted octanol–water partition coefficient (Wildman–Crippen LogP) is 5.69. The number of rotatable bonds is 1. The van der Waals surface area contributed by atoms with E-state index in [-0.39, 0.29) is 0 Å². The maximum absolute atomic E-state index is 13.6. The van der Waals surface area contributed by atoms with Gasteiger partial charge < -0.3 is 4.57 Å². The summed E-state index contributed by atoms with van der Waals surface area (Å²) >= 11 is 0. The molecule has 3 saturated carbocycles. The molecule has 24 heavy (non-hydrogen) atoms. The van der Waals surface area contributed by atoms with E-state index in [1.54, 1.807) is 0 Å². The summed E-state index contributed by atoms with van der Waals surface area (Å²) in [5.41, 5.74) is 2.02. The van der Waals surface area contributed by atoms with Gasteiger partial charge in [-0.1, -0.05) is 51.1 Å². The van der Waals surface area contributed by atoms with Gasteiger partial charge in [0.2, 0.25) is 0 Å². The molecule has 3 atom stereocenters. The number of hydrogen-bond acceptors (Lipinski definition) is 1. The van der Waals surface area contributed by atoms with Gasteiger partial charge in [0.15, 0.2) is 0 Å². The van der Waals surface area contributed by atoms with Crippen molar-refractivity contribution in [2.45, 2.75) is 59.3 Å². The van der Waals surface area contributed by atoms with Crippen molar-refractivity contribution in [3.63, 3.8) is 0 Å². The maximum atomic E-state index is 13.6. The lowest BCUT2D eigenvalue weighted by molar-refractivity contribution is -0.127. The van der Waals surface area contributed by atoms with Crippen LogP contribution in [-0.4, -0.2) is 12.3 Å². The average Bonchev–Trinajstić information content (AvgIpc) is 3.04. The average molecular weight is 342 g/mol. The van der Waals surface area contributed by atoms with Crippen molar-refractivity contribution in [2.75, 3.05) is 12.3 Å². The van der Waals surface area contributed by atoms with Crippen LogP contribution < -0.4 is 5.30 Å². The van der Waals surface area contributed by atoms with Crippen LogP contribution in [0.4, 0.5) is 0 Å². The largest absolute Gasteiger partial charge is 0.319 e. The molecule has 0 amide bonds. The highest BCUT2D eigenvalue weighted by Crippen LogP contribution is 2.83. The zero-order chi connectivity index (χ0) is 16.8. The first-order valence-electron chi connectivity index (χ1n) is 9.88. The molecule has 5 rings (SSSR count). The molecule has 0 aromatic heterocycles. The van der Waals surface area contributed by atoms with E-state index < -0.39 is 7.14 Å². The van der Waals surface area contributed by atoms with E-state index in [0.29, 0.717) is 21.7 Å². The minimum atomic E-state index is -2.14. The molecule has 1 aromatic carbocycles. The predicted molar refractivity (Wildman–Crippen MR) is 101 cm³/mol. The van der Waals surface area contributed by atoms with E-state index in [1.807, 2.05) is 6.07 Å². The summed E-state index contributed by atoms with van der Waals surface area (Å²) in [5, 5.41) is 1.14. The van der Waals surface area contributed by atoms with Gasteiger partial charge in [0.1, 0.15) is 7.14 Å². The molecule has 2 bridgehead atoms. The van der Waals surface area contributed by atoms with Gasteiger partial charge in [-0.15, -0.1) is 0 Å². The molecule has 2 heteroatoms. The van der Waals surface area contributed by atoms with Crippen molar-refractivity contribution in [1.82, 2.24) is 0 Å². The third kappa shape index (κ3) is 1.66. The van der Waals surface area contributed by atoms with Crippen molar-refractivity contribution < 1.29 is 4.57 Å². The summed E-state index contributed by atoms with van der Waals surface area (Å²) in [6, 6.07) is 10.4. The van der Waals surface area contributed by atoms with Crippen molar-refractivity contribution in [3.05, 3.63) is 30.3 Å². The first-order valence-corrected chi connectivity index (χ1v) is 12.0. The Bertz CT molecular complexity index is 728. The van der Waals surface area contributed by atoms with E-state index in [4.69, 9.17) is 0 Å². The van der Waals surface area contributed by atoms with Crippen LogP contribution in [0, 0.1) is 27.6 Å².